The highest BCUT2D eigenvalue weighted by molar-refractivity contribution is 6.30. The number of phenolic OH excluding ortho intramolecular Hbond substituents is 1. The van der Waals surface area contributed by atoms with Crippen molar-refractivity contribution in [2.45, 2.75) is 18.9 Å². The second-order valence-electron chi connectivity index (χ2n) is 4.63. The van der Waals surface area contributed by atoms with Gasteiger partial charge in [0.05, 0.1) is 5.56 Å². The Bertz CT molecular complexity index is 447. The number of benzene rings is 1. The fraction of sp³-hybridized carbons (Fsp3) is 0.462. The van der Waals surface area contributed by atoms with Crippen molar-refractivity contribution in [3.05, 3.63) is 28.8 Å². The smallest absolute Gasteiger partial charge is 0.255 e. The molecule has 2 rings (SSSR count). The first-order chi connectivity index (χ1) is 8.58. The van der Waals surface area contributed by atoms with Crippen LogP contribution in [-0.4, -0.2) is 42.1 Å². The first-order valence-corrected chi connectivity index (χ1v) is 6.42. The van der Waals surface area contributed by atoms with Crippen LogP contribution in [0.1, 0.15) is 23.2 Å². The van der Waals surface area contributed by atoms with E-state index in [1.54, 1.807) is 6.07 Å². The van der Waals surface area contributed by atoms with Crippen LogP contribution < -0.4 is 5.32 Å². The van der Waals surface area contributed by atoms with E-state index in [-0.39, 0.29) is 17.2 Å². The monoisotopic (exact) mass is 268 g/mol. The van der Waals surface area contributed by atoms with Gasteiger partial charge in [-0.05, 0) is 38.1 Å². The number of amides is 1. The van der Waals surface area contributed by atoms with Gasteiger partial charge in [-0.15, -0.1) is 0 Å². The van der Waals surface area contributed by atoms with Gasteiger partial charge >= 0.3 is 0 Å². The van der Waals surface area contributed by atoms with Crippen LogP contribution in [0.5, 0.6) is 5.75 Å². The Morgan fingerprint density at radius 1 is 1.56 bits per heavy atom. The van der Waals surface area contributed by atoms with Crippen molar-refractivity contribution >= 4 is 17.5 Å². The van der Waals surface area contributed by atoms with Crippen LogP contribution in [0.25, 0.3) is 0 Å². The number of carbonyl (C=O) groups excluding carboxylic acids is 1. The average molecular weight is 269 g/mol. The lowest BCUT2D eigenvalue weighted by atomic mass is 10.2. The van der Waals surface area contributed by atoms with E-state index in [2.05, 4.69) is 17.3 Å². The van der Waals surface area contributed by atoms with Crippen LogP contribution in [0, 0.1) is 0 Å². The van der Waals surface area contributed by atoms with Gasteiger partial charge in [0.1, 0.15) is 5.75 Å². The number of hydrogen-bond donors (Lipinski definition) is 2. The zero-order valence-electron chi connectivity index (χ0n) is 10.3. The summed E-state index contributed by atoms with van der Waals surface area (Å²) in [6, 6.07) is 5.17. The van der Waals surface area contributed by atoms with E-state index in [0.29, 0.717) is 17.6 Å². The van der Waals surface area contributed by atoms with Crippen molar-refractivity contribution in [2.75, 3.05) is 20.1 Å². The maximum Gasteiger partial charge on any atom is 0.255 e. The van der Waals surface area contributed by atoms with Crippen LogP contribution in [0.2, 0.25) is 5.02 Å². The molecule has 0 spiro atoms. The first-order valence-electron chi connectivity index (χ1n) is 6.05. The molecule has 1 aliphatic rings. The number of nitrogens with one attached hydrogen (secondary N) is 1. The minimum atomic E-state index is -0.270. The summed E-state index contributed by atoms with van der Waals surface area (Å²) in [5.41, 5.74) is 0.258. The van der Waals surface area contributed by atoms with Crippen molar-refractivity contribution in [2.24, 2.45) is 0 Å². The molecule has 1 fully saturated rings. The third kappa shape index (κ3) is 3.37. The standard InChI is InChI=1S/C13H17ClN2O2/c1-16(10-3-4-10)7-6-15-13(18)11-5-2-9(14)8-12(11)17/h2,5,8,10,17H,3-4,6-7H2,1H3,(H,15,18). The second kappa shape index (κ2) is 5.59. The predicted octanol–water partition coefficient (Wildman–Crippen LogP) is 1.87. The molecule has 0 radical (unpaired) electrons. The van der Waals surface area contributed by atoms with Gasteiger partial charge in [-0.3, -0.25) is 4.79 Å². The Kier molecular flexibility index (Phi) is 4.09. The zero-order valence-corrected chi connectivity index (χ0v) is 11.1. The van der Waals surface area contributed by atoms with Crippen molar-refractivity contribution in [3.63, 3.8) is 0 Å². The van der Waals surface area contributed by atoms with Gasteiger partial charge in [0.15, 0.2) is 0 Å². The molecule has 0 unspecified atom stereocenters. The third-order valence-corrected chi connectivity index (χ3v) is 3.36. The molecular weight excluding hydrogens is 252 g/mol. The van der Waals surface area contributed by atoms with E-state index in [1.807, 2.05) is 0 Å². The number of nitrogens with zero attached hydrogens (tertiary/aromatic N) is 1. The number of phenols is 1. The Balaban J connectivity index is 1.83. The lowest BCUT2D eigenvalue weighted by Crippen LogP contribution is -2.33. The van der Waals surface area contributed by atoms with Gasteiger partial charge in [0, 0.05) is 24.2 Å². The fourth-order valence-electron chi connectivity index (χ4n) is 1.84. The molecule has 1 aliphatic carbocycles. The van der Waals surface area contributed by atoms with Gasteiger partial charge in [0.25, 0.3) is 5.91 Å². The minimum absolute atomic E-state index is 0.0875. The molecule has 2 N–H and O–H groups in total. The molecule has 0 bridgehead atoms. The molecule has 1 saturated carbocycles. The number of hydrogen-bond acceptors (Lipinski definition) is 3. The number of carbonyl (C=O) groups is 1. The van der Waals surface area contributed by atoms with Crippen LogP contribution in [0.15, 0.2) is 18.2 Å². The van der Waals surface area contributed by atoms with Crippen LogP contribution in [0.3, 0.4) is 0 Å². The molecule has 0 atom stereocenters. The topological polar surface area (TPSA) is 52.6 Å². The second-order valence-corrected chi connectivity index (χ2v) is 5.07. The number of likely N-dealkylation sites (N-methyl/N-ethyl adjacent to an activating group) is 1. The minimum Gasteiger partial charge on any atom is -0.507 e. The summed E-state index contributed by atoms with van der Waals surface area (Å²) >= 11 is 5.71. The van der Waals surface area contributed by atoms with Gasteiger partial charge in [-0.2, -0.15) is 0 Å². The number of rotatable bonds is 5. The summed E-state index contributed by atoms with van der Waals surface area (Å²) in [4.78, 5) is 14.0. The van der Waals surface area contributed by atoms with Crippen LogP contribution in [-0.2, 0) is 0 Å². The summed E-state index contributed by atoms with van der Waals surface area (Å²) in [6.07, 6.45) is 2.50. The molecule has 1 aromatic carbocycles. The van der Waals surface area contributed by atoms with E-state index in [4.69, 9.17) is 11.6 Å². The van der Waals surface area contributed by atoms with Crippen LogP contribution >= 0.6 is 11.6 Å². The van der Waals surface area contributed by atoms with E-state index in [1.165, 1.54) is 25.0 Å². The molecule has 18 heavy (non-hydrogen) atoms. The average Bonchev–Trinajstić information content (AvgIpc) is 3.12. The first kappa shape index (κ1) is 13.2. The Morgan fingerprint density at radius 3 is 2.89 bits per heavy atom. The maximum absolute atomic E-state index is 11.8. The quantitative estimate of drug-likeness (QED) is 0.857. The van der Waals surface area contributed by atoms with Gasteiger partial charge in [0.2, 0.25) is 0 Å². The van der Waals surface area contributed by atoms with E-state index in [9.17, 15) is 9.90 Å². The molecular formula is C13H17ClN2O2. The van der Waals surface area contributed by atoms with E-state index >= 15 is 0 Å². The Hall–Kier alpha value is -1.26. The molecule has 4 nitrogen and oxygen atoms in total. The molecule has 0 aromatic heterocycles. The lowest BCUT2D eigenvalue weighted by molar-refractivity contribution is 0.0947. The van der Waals surface area contributed by atoms with Crippen LogP contribution in [0.4, 0.5) is 0 Å². The van der Waals surface area contributed by atoms with E-state index < -0.39 is 0 Å². The predicted molar refractivity (Wildman–Crippen MR) is 71.1 cm³/mol. The largest absolute Gasteiger partial charge is 0.507 e. The summed E-state index contributed by atoms with van der Waals surface area (Å²) in [5, 5.41) is 12.8. The van der Waals surface area contributed by atoms with Gasteiger partial charge in [-0.25, -0.2) is 0 Å². The third-order valence-electron chi connectivity index (χ3n) is 3.12. The highest BCUT2D eigenvalue weighted by atomic mass is 35.5. The molecule has 1 amide bonds. The van der Waals surface area contributed by atoms with Crippen molar-refractivity contribution in [1.29, 1.82) is 0 Å². The fourth-order valence-corrected chi connectivity index (χ4v) is 2.00. The summed E-state index contributed by atoms with van der Waals surface area (Å²) in [6.45, 7) is 1.40. The molecule has 1 aromatic rings. The van der Waals surface area contributed by atoms with Crippen molar-refractivity contribution in [3.8, 4) is 5.75 Å². The highest BCUT2D eigenvalue weighted by Crippen LogP contribution is 2.24. The number of aromatic hydroxyl groups is 1. The molecule has 0 aliphatic heterocycles. The summed E-state index contributed by atoms with van der Waals surface area (Å²) in [7, 11) is 2.06. The lowest BCUT2D eigenvalue weighted by Gasteiger charge is -2.15. The zero-order chi connectivity index (χ0) is 13.1. The van der Waals surface area contributed by atoms with Crippen molar-refractivity contribution < 1.29 is 9.90 Å². The van der Waals surface area contributed by atoms with Gasteiger partial charge in [-0.1, -0.05) is 11.6 Å². The van der Waals surface area contributed by atoms with Crippen molar-refractivity contribution in [1.82, 2.24) is 10.2 Å². The van der Waals surface area contributed by atoms with E-state index in [0.717, 1.165) is 6.54 Å². The SMILES string of the molecule is CN(CCNC(=O)c1ccc(Cl)cc1O)C1CC1. The molecule has 98 valence electrons. The molecule has 5 heteroatoms. The maximum atomic E-state index is 11.8. The molecule has 0 saturated heterocycles. The normalized spacial score (nSPS) is 14.8. The number of halogens is 1. The van der Waals surface area contributed by atoms with Gasteiger partial charge < -0.3 is 15.3 Å². The highest BCUT2D eigenvalue weighted by Gasteiger charge is 2.25. The molecule has 0 heterocycles. The Labute approximate surface area is 112 Å². The summed E-state index contributed by atoms with van der Waals surface area (Å²) in [5.74, 6) is -0.357. The Morgan fingerprint density at radius 2 is 2.28 bits per heavy atom. The summed E-state index contributed by atoms with van der Waals surface area (Å²) < 4.78 is 0.